The maximum Gasteiger partial charge on any atom is 0.270 e. The minimum atomic E-state index is -0.516. The Morgan fingerprint density at radius 3 is 2.45 bits per heavy atom. The summed E-state index contributed by atoms with van der Waals surface area (Å²) in [5.41, 5.74) is 0.985. The fourth-order valence-electron chi connectivity index (χ4n) is 3.28. The summed E-state index contributed by atoms with van der Waals surface area (Å²) in [6.07, 6.45) is 0. The van der Waals surface area contributed by atoms with Crippen LogP contribution < -0.4 is 9.64 Å². The van der Waals surface area contributed by atoms with Gasteiger partial charge < -0.3 is 14.5 Å². The van der Waals surface area contributed by atoms with Gasteiger partial charge in [0.15, 0.2) is 0 Å². The lowest BCUT2D eigenvalue weighted by Crippen LogP contribution is -2.49. The largest absolute Gasteiger partial charge is 0.496 e. The van der Waals surface area contributed by atoms with E-state index in [4.69, 9.17) is 4.74 Å². The van der Waals surface area contributed by atoms with Crippen LogP contribution in [0.2, 0.25) is 0 Å². The number of methoxy groups -OCH3 is 1. The van der Waals surface area contributed by atoms with Crippen molar-refractivity contribution in [1.29, 1.82) is 0 Å². The highest BCUT2D eigenvalue weighted by molar-refractivity contribution is 5.97. The minimum absolute atomic E-state index is 0.134. The van der Waals surface area contributed by atoms with Gasteiger partial charge in [-0.1, -0.05) is 13.8 Å². The van der Waals surface area contributed by atoms with E-state index in [2.05, 4.69) is 28.7 Å². The Balaban J connectivity index is 1.75. The molecule has 29 heavy (non-hydrogen) atoms. The quantitative estimate of drug-likeness (QED) is 0.563. The highest BCUT2D eigenvalue weighted by Crippen LogP contribution is 2.26. The van der Waals surface area contributed by atoms with Crippen molar-refractivity contribution in [1.82, 2.24) is 14.9 Å². The van der Waals surface area contributed by atoms with Crippen molar-refractivity contribution in [2.75, 3.05) is 38.2 Å². The van der Waals surface area contributed by atoms with Crippen LogP contribution in [0.1, 0.15) is 41.6 Å². The van der Waals surface area contributed by atoms with Gasteiger partial charge in [0.1, 0.15) is 17.4 Å². The van der Waals surface area contributed by atoms with E-state index in [1.54, 1.807) is 4.90 Å². The number of non-ortho nitro benzene ring substituents is 1. The van der Waals surface area contributed by atoms with E-state index >= 15 is 0 Å². The van der Waals surface area contributed by atoms with Gasteiger partial charge in [0.05, 0.1) is 17.6 Å². The number of aryl methyl sites for hydroxylation is 1. The van der Waals surface area contributed by atoms with Crippen LogP contribution in [0.15, 0.2) is 24.3 Å². The Hall–Kier alpha value is -3.23. The summed E-state index contributed by atoms with van der Waals surface area (Å²) >= 11 is 0. The number of carbonyl (C=O) groups is 1. The molecule has 0 bridgehead atoms. The molecule has 1 aromatic carbocycles. The van der Waals surface area contributed by atoms with Gasteiger partial charge in [-0.15, -0.1) is 0 Å². The number of nitro groups is 1. The van der Waals surface area contributed by atoms with Crippen molar-refractivity contribution < 1.29 is 14.5 Å². The highest BCUT2D eigenvalue weighted by Gasteiger charge is 2.27. The molecular weight excluding hydrogens is 374 g/mol. The average Bonchev–Trinajstić information content (AvgIpc) is 2.72. The molecule has 0 unspecified atom stereocenters. The van der Waals surface area contributed by atoms with Crippen molar-refractivity contribution in [3.05, 3.63) is 51.5 Å². The van der Waals surface area contributed by atoms with Crippen LogP contribution in [0.25, 0.3) is 0 Å². The van der Waals surface area contributed by atoms with Crippen molar-refractivity contribution >= 4 is 17.4 Å². The summed E-state index contributed by atoms with van der Waals surface area (Å²) in [6, 6.07) is 6.01. The van der Waals surface area contributed by atoms with Crippen LogP contribution in [0.3, 0.4) is 0 Å². The number of amides is 1. The Kier molecular flexibility index (Phi) is 5.95. The Bertz CT molecular complexity index is 923. The SMILES string of the molecule is COc1ccc([N+](=O)[O-])cc1C(=O)N1CCN(c2cc(C)nc(C(C)C)n2)CC1. The zero-order valence-corrected chi connectivity index (χ0v) is 17.1. The van der Waals surface area contributed by atoms with E-state index < -0.39 is 4.92 Å². The smallest absolute Gasteiger partial charge is 0.270 e. The Morgan fingerprint density at radius 1 is 1.17 bits per heavy atom. The fraction of sp³-hybridized carbons (Fsp3) is 0.450. The molecule has 1 amide bonds. The summed E-state index contributed by atoms with van der Waals surface area (Å²) in [5, 5.41) is 11.1. The van der Waals surface area contributed by atoms with Crippen LogP contribution in [-0.2, 0) is 0 Å². The first-order valence-electron chi connectivity index (χ1n) is 9.52. The van der Waals surface area contributed by atoms with Gasteiger partial charge in [-0.2, -0.15) is 0 Å². The first-order valence-corrected chi connectivity index (χ1v) is 9.52. The molecule has 1 aliphatic heterocycles. The number of hydrogen-bond acceptors (Lipinski definition) is 7. The summed E-state index contributed by atoms with van der Waals surface area (Å²) < 4.78 is 5.23. The summed E-state index contributed by atoms with van der Waals surface area (Å²) in [4.78, 5) is 36.5. The molecule has 2 aromatic rings. The van der Waals surface area contributed by atoms with E-state index in [1.165, 1.54) is 25.3 Å². The first-order chi connectivity index (χ1) is 13.8. The zero-order valence-electron chi connectivity index (χ0n) is 17.1. The fourth-order valence-corrected chi connectivity index (χ4v) is 3.28. The molecule has 1 aliphatic rings. The van der Waals surface area contributed by atoms with Crippen LogP contribution >= 0.6 is 0 Å². The predicted octanol–water partition coefficient (Wildman–Crippen LogP) is 2.79. The second-order valence-electron chi connectivity index (χ2n) is 7.30. The maximum absolute atomic E-state index is 13.0. The number of carbonyl (C=O) groups excluding carboxylic acids is 1. The van der Waals surface area contributed by atoms with Gasteiger partial charge in [0, 0.05) is 56.0 Å². The van der Waals surface area contributed by atoms with E-state index in [0.717, 1.165) is 17.3 Å². The molecule has 2 heterocycles. The molecule has 3 rings (SSSR count). The normalized spacial score (nSPS) is 14.2. The van der Waals surface area contributed by atoms with Gasteiger partial charge in [-0.05, 0) is 13.0 Å². The lowest BCUT2D eigenvalue weighted by atomic mass is 10.1. The van der Waals surface area contributed by atoms with Crippen LogP contribution in [0.4, 0.5) is 11.5 Å². The van der Waals surface area contributed by atoms with E-state index in [0.29, 0.717) is 31.9 Å². The molecule has 0 atom stereocenters. The number of aromatic nitrogens is 2. The topological polar surface area (TPSA) is 102 Å². The van der Waals surface area contributed by atoms with E-state index in [9.17, 15) is 14.9 Å². The molecule has 154 valence electrons. The van der Waals surface area contributed by atoms with Gasteiger partial charge in [-0.25, -0.2) is 9.97 Å². The molecule has 1 saturated heterocycles. The molecule has 0 saturated carbocycles. The van der Waals surface area contributed by atoms with Crippen molar-refractivity contribution in [3.63, 3.8) is 0 Å². The van der Waals surface area contributed by atoms with E-state index in [-0.39, 0.29) is 23.1 Å². The number of piperazine rings is 1. The van der Waals surface area contributed by atoms with Crippen molar-refractivity contribution in [2.45, 2.75) is 26.7 Å². The lowest BCUT2D eigenvalue weighted by molar-refractivity contribution is -0.384. The van der Waals surface area contributed by atoms with Gasteiger partial charge in [-0.3, -0.25) is 14.9 Å². The lowest BCUT2D eigenvalue weighted by Gasteiger charge is -2.35. The molecule has 0 radical (unpaired) electrons. The van der Waals surface area contributed by atoms with E-state index in [1.807, 2.05) is 13.0 Å². The predicted molar refractivity (Wildman–Crippen MR) is 109 cm³/mol. The minimum Gasteiger partial charge on any atom is -0.496 e. The third-order valence-corrected chi connectivity index (χ3v) is 4.89. The molecule has 9 nitrogen and oxygen atoms in total. The maximum atomic E-state index is 13.0. The second kappa shape index (κ2) is 8.42. The number of benzene rings is 1. The Labute approximate surface area is 169 Å². The van der Waals surface area contributed by atoms with Crippen LogP contribution in [-0.4, -0.2) is 59.0 Å². The van der Waals surface area contributed by atoms with Gasteiger partial charge in [0.25, 0.3) is 11.6 Å². The Morgan fingerprint density at radius 2 is 1.86 bits per heavy atom. The number of nitrogens with zero attached hydrogens (tertiary/aromatic N) is 5. The molecule has 0 aliphatic carbocycles. The molecule has 9 heteroatoms. The third-order valence-electron chi connectivity index (χ3n) is 4.89. The van der Waals surface area contributed by atoms with Crippen LogP contribution in [0, 0.1) is 17.0 Å². The van der Waals surface area contributed by atoms with Crippen molar-refractivity contribution in [2.24, 2.45) is 0 Å². The van der Waals surface area contributed by atoms with Gasteiger partial charge >= 0.3 is 0 Å². The molecular formula is C20H25N5O4. The highest BCUT2D eigenvalue weighted by atomic mass is 16.6. The van der Waals surface area contributed by atoms with Crippen LogP contribution in [0.5, 0.6) is 5.75 Å². The first kappa shape index (κ1) is 20.5. The monoisotopic (exact) mass is 399 g/mol. The standard InChI is InChI=1S/C20H25N5O4/c1-13(2)19-21-14(3)11-18(22-19)23-7-9-24(10-8-23)20(26)16-12-15(25(27)28)5-6-17(16)29-4/h5-6,11-13H,7-10H2,1-4H3. The number of hydrogen-bond donors (Lipinski definition) is 0. The summed E-state index contributed by atoms with van der Waals surface area (Å²) in [5.74, 6) is 1.96. The van der Waals surface area contributed by atoms with Crippen molar-refractivity contribution in [3.8, 4) is 5.75 Å². The summed E-state index contributed by atoms with van der Waals surface area (Å²) in [7, 11) is 1.44. The third kappa shape index (κ3) is 4.44. The number of rotatable bonds is 5. The molecule has 0 N–H and O–H groups in total. The second-order valence-corrected chi connectivity index (χ2v) is 7.30. The number of anilines is 1. The molecule has 0 spiro atoms. The average molecular weight is 399 g/mol. The molecule has 1 aromatic heterocycles. The number of nitro benzene ring substituents is 1. The molecule has 1 fully saturated rings. The zero-order chi connectivity index (χ0) is 21.1. The van der Waals surface area contributed by atoms with Gasteiger partial charge in [0.2, 0.25) is 0 Å². The number of ether oxygens (including phenoxy) is 1. The summed E-state index contributed by atoms with van der Waals surface area (Å²) in [6.45, 7) is 8.29.